The Morgan fingerprint density at radius 2 is 1.84 bits per heavy atom. The molecule has 0 aromatic rings. The number of likely N-dealkylation sites (N-methyl/N-ethyl adjacent to an activating group) is 1. The van der Waals surface area contributed by atoms with Crippen LogP contribution in [0.1, 0.15) is 58.8 Å². The van der Waals surface area contributed by atoms with Crippen LogP contribution in [0.5, 0.6) is 0 Å². The molecule has 4 aliphatic rings. The summed E-state index contributed by atoms with van der Waals surface area (Å²) in [6.07, 6.45) is 9.98. The quantitative estimate of drug-likeness (QED) is 0.284. The number of hydrogen-bond donors (Lipinski definition) is 1. The van der Waals surface area contributed by atoms with Crippen LogP contribution in [0.3, 0.4) is 0 Å². The fourth-order valence-electron chi connectivity index (χ4n) is 7.49. The van der Waals surface area contributed by atoms with Gasteiger partial charge in [-0.25, -0.2) is 0 Å². The zero-order valence-corrected chi connectivity index (χ0v) is 25.5. The molecule has 4 rings (SSSR count). The highest BCUT2D eigenvalue weighted by atomic mass is 79.9. The van der Waals surface area contributed by atoms with Gasteiger partial charge in [0, 0.05) is 36.3 Å². The van der Waals surface area contributed by atoms with Gasteiger partial charge in [-0.05, 0) is 31.6 Å². The van der Waals surface area contributed by atoms with Gasteiger partial charge < -0.3 is 19.8 Å². The summed E-state index contributed by atoms with van der Waals surface area (Å²) in [6, 6.07) is -1.06. The molecule has 1 saturated carbocycles. The van der Waals surface area contributed by atoms with Gasteiger partial charge in [0.15, 0.2) is 0 Å². The van der Waals surface area contributed by atoms with E-state index in [1.165, 1.54) is 6.42 Å². The number of aliphatic hydroxyl groups excluding tert-OH is 1. The molecule has 0 radical (unpaired) electrons. The first kappa shape index (κ1) is 29.7. The van der Waals surface area contributed by atoms with Gasteiger partial charge in [-0.3, -0.25) is 14.4 Å². The number of rotatable bonds is 11. The molecule has 1 spiro atoms. The minimum Gasteiger partial charge on any atom is -0.394 e. The largest absolute Gasteiger partial charge is 0.394 e. The van der Waals surface area contributed by atoms with Gasteiger partial charge in [0.25, 0.3) is 0 Å². The first-order valence-electron chi connectivity index (χ1n) is 14.1. The van der Waals surface area contributed by atoms with E-state index >= 15 is 0 Å². The third-order valence-corrected chi connectivity index (χ3v) is 12.2. The molecule has 3 saturated heterocycles. The Balaban J connectivity index is 1.80. The van der Waals surface area contributed by atoms with Crippen molar-refractivity contribution in [1.29, 1.82) is 0 Å². The van der Waals surface area contributed by atoms with Crippen molar-refractivity contribution in [3.63, 3.8) is 0 Å². The van der Waals surface area contributed by atoms with Crippen LogP contribution in [-0.4, -0.2) is 97.2 Å². The smallest absolute Gasteiger partial charge is 0.247 e. The molecule has 7 atom stereocenters. The van der Waals surface area contributed by atoms with Gasteiger partial charge in [-0.15, -0.1) is 24.9 Å². The van der Waals surface area contributed by atoms with Crippen molar-refractivity contribution in [3.05, 3.63) is 25.3 Å². The van der Waals surface area contributed by atoms with Crippen LogP contribution in [-0.2, 0) is 14.4 Å². The molecule has 4 fully saturated rings. The van der Waals surface area contributed by atoms with Crippen molar-refractivity contribution in [2.75, 3.05) is 26.7 Å². The Hall–Kier alpha value is -1.32. The number of carbonyl (C=O) groups is 3. The number of fused-ring (bicyclic) bond motifs is 1. The molecule has 3 heterocycles. The first-order valence-corrected chi connectivity index (χ1v) is 15.9. The number of amides is 3. The second kappa shape index (κ2) is 12.0. The minimum atomic E-state index is -0.713. The molecule has 3 unspecified atom stereocenters. The second-order valence-corrected chi connectivity index (χ2v) is 14.7. The van der Waals surface area contributed by atoms with E-state index in [0.717, 1.165) is 25.7 Å². The summed E-state index contributed by atoms with van der Waals surface area (Å²) < 4.78 is -0.708. The molecule has 1 N–H and O–H groups in total. The molecule has 3 amide bonds. The average molecular weight is 611 g/mol. The lowest BCUT2D eigenvalue weighted by molar-refractivity contribution is -0.148. The molecule has 0 aromatic carbocycles. The fraction of sp³-hybridized carbons (Fsp3) is 0.759. The van der Waals surface area contributed by atoms with E-state index in [-0.39, 0.29) is 46.4 Å². The number of nitrogens with zero attached hydrogens (tertiary/aromatic N) is 3. The van der Waals surface area contributed by atoms with E-state index < -0.39 is 28.7 Å². The molecular formula is C29H44BrN3O4S. The molecule has 2 bridgehead atoms. The number of thioether (sulfide) groups is 1. The molecule has 0 aromatic heterocycles. The zero-order chi connectivity index (χ0) is 27.8. The SMILES string of the molecule is C=CCN(C)C(=O)[C@H]1[C@@H]2SC3(CC2Br)C(C(=O)N(CC=C)C2CCCCC2)N([C@@H](CO)CC(C)C)C(=O)[C@H]13. The van der Waals surface area contributed by atoms with Crippen molar-refractivity contribution < 1.29 is 19.5 Å². The summed E-state index contributed by atoms with van der Waals surface area (Å²) >= 11 is 5.51. The summed E-state index contributed by atoms with van der Waals surface area (Å²) in [7, 11) is 1.75. The van der Waals surface area contributed by atoms with E-state index in [4.69, 9.17) is 0 Å². The number of alkyl halides is 1. The monoisotopic (exact) mass is 609 g/mol. The Kier molecular flexibility index (Phi) is 9.40. The number of aliphatic hydroxyl groups is 1. The standard InChI is InChI=1S/C29H44BrN3O4S/c1-6-13-31(5)26(35)22-23-27(36)33(20(17-34)15-18(3)4)25(29(23)16-21(30)24(22)38-29)28(37)32(14-7-2)19-11-9-8-10-12-19/h6-7,18-25,34H,1-2,8-17H2,3-5H3/t20-,21?,22-,23+,24-,25?,29?/m1/s1. The lowest BCUT2D eigenvalue weighted by Crippen LogP contribution is -2.59. The van der Waals surface area contributed by atoms with Gasteiger partial charge >= 0.3 is 0 Å². The number of carbonyl (C=O) groups excluding carboxylic acids is 3. The average Bonchev–Trinajstić information content (AvgIpc) is 3.49. The van der Waals surface area contributed by atoms with Crippen LogP contribution >= 0.6 is 27.7 Å². The fourth-order valence-corrected chi connectivity index (χ4v) is 11.1. The maximum absolute atomic E-state index is 14.7. The third-order valence-electron chi connectivity index (χ3n) is 9.00. The second-order valence-electron chi connectivity index (χ2n) is 12.0. The Labute approximate surface area is 240 Å². The Bertz CT molecular complexity index is 941. The van der Waals surface area contributed by atoms with Crippen molar-refractivity contribution in [3.8, 4) is 0 Å². The van der Waals surface area contributed by atoms with Crippen LogP contribution < -0.4 is 0 Å². The maximum atomic E-state index is 14.7. The van der Waals surface area contributed by atoms with E-state index in [2.05, 4.69) is 42.9 Å². The van der Waals surface area contributed by atoms with Gasteiger partial charge in [0.1, 0.15) is 6.04 Å². The summed E-state index contributed by atoms with van der Waals surface area (Å²) in [4.78, 5) is 48.2. The van der Waals surface area contributed by atoms with E-state index in [9.17, 15) is 19.5 Å². The summed E-state index contributed by atoms with van der Waals surface area (Å²) in [6.45, 7) is 12.5. The van der Waals surface area contributed by atoms with Crippen molar-refractivity contribution >= 4 is 45.4 Å². The lowest BCUT2D eigenvalue weighted by Gasteiger charge is -2.43. The van der Waals surface area contributed by atoms with E-state index in [1.807, 2.05) is 4.90 Å². The van der Waals surface area contributed by atoms with Gasteiger partial charge in [0.2, 0.25) is 17.7 Å². The van der Waals surface area contributed by atoms with E-state index in [0.29, 0.717) is 25.9 Å². The van der Waals surface area contributed by atoms with Gasteiger partial charge in [0.05, 0.1) is 29.2 Å². The molecular weight excluding hydrogens is 566 g/mol. The van der Waals surface area contributed by atoms with Crippen molar-refractivity contribution in [2.24, 2.45) is 17.8 Å². The number of hydrogen-bond acceptors (Lipinski definition) is 5. The number of halogens is 1. The summed E-state index contributed by atoms with van der Waals surface area (Å²) in [5.41, 5.74) is 0. The molecule has 7 nitrogen and oxygen atoms in total. The van der Waals surface area contributed by atoms with Crippen molar-refractivity contribution in [2.45, 2.75) is 91.7 Å². The van der Waals surface area contributed by atoms with E-state index in [1.54, 1.807) is 40.8 Å². The topological polar surface area (TPSA) is 81.2 Å². The predicted molar refractivity (Wildman–Crippen MR) is 156 cm³/mol. The van der Waals surface area contributed by atoms with Crippen LogP contribution in [0.15, 0.2) is 25.3 Å². The Morgan fingerprint density at radius 1 is 1.18 bits per heavy atom. The highest BCUT2D eigenvalue weighted by molar-refractivity contribution is 9.09. The zero-order valence-electron chi connectivity index (χ0n) is 23.1. The van der Waals surface area contributed by atoms with Crippen LogP contribution in [0.2, 0.25) is 0 Å². The van der Waals surface area contributed by atoms with Crippen LogP contribution in [0.25, 0.3) is 0 Å². The maximum Gasteiger partial charge on any atom is 0.247 e. The number of likely N-dealkylation sites (tertiary alicyclic amines) is 1. The van der Waals surface area contributed by atoms with Crippen LogP contribution in [0, 0.1) is 17.8 Å². The normalized spacial score (nSPS) is 33.4. The van der Waals surface area contributed by atoms with Crippen LogP contribution in [0.4, 0.5) is 0 Å². The first-order chi connectivity index (χ1) is 18.1. The van der Waals surface area contributed by atoms with Gasteiger partial charge in [-0.1, -0.05) is 61.2 Å². The highest BCUT2D eigenvalue weighted by Crippen LogP contribution is 2.68. The highest BCUT2D eigenvalue weighted by Gasteiger charge is 2.76. The Morgan fingerprint density at radius 3 is 2.42 bits per heavy atom. The lowest BCUT2D eigenvalue weighted by atomic mass is 9.70. The third kappa shape index (κ3) is 5.00. The van der Waals surface area contributed by atoms with Crippen molar-refractivity contribution in [1.82, 2.24) is 14.7 Å². The summed E-state index contributed by atoms with van der Waals surface area (Å²) in [5.74, 6) is -1.13. The molecule has 3 aliphatic heterocycles. The molecule has 38 heavy (non-hydrogen) atoms. The molecule has 1 aliphatic carbocycles. The minimum absolute atomic E-state index is 0.0260. The summed E-state index contributed by atoms with van der Waals surface area (Å²) in [5, 5.41) is 10.4. The molecule has 9 heteroatoms. The molecule has 212 valence electrons. The predicted octanol–water partition coefficient (Wildman–Crippen LogP) is 3.85. The van der Waals surface area contributed by atoms with Gasteiger partial charge in [-0.2, -0.15) is 0 Å².